The molecule has 0 nitrogen and oxygen atoms in total. The number of hydrogen-bond acceptors (Lipinski definition) is 1. The Kier molecular flexibility index (Phi) is 2.12. The van der Waals surface area contributed by atoms with E-state index in [0.29, 0.717) is 0 Å². The quantitative estimate of drug-likeness (QED) is 0.550. The molecule has 10 heavy (non-hydrogen) atoms. The highest BCUT2D eigenvalue weighted by Crippen LogP contribution is 2.49. The topological polar surface area (TPSA) is 0 Å². The van der Waals surface area contributed by atoms with Gasteiger partial charge in [0.1, 0.15) is 0 Å². The molecule has 0 radical (unpaired) electrons. The summed E-state index contributed by atoms with van der Waals surface area (Å²) in [4.78, 5) is 0. The van der Waals surface area contributed by atoms with Crippen LogP contribution in [-0.4, -0.2) is 17.4 Å². The molecule has 2 unspecified atom stereocenters. The van der Waals surface area contributed by atoms with Gasteiger partial charge in [0.15, 0.2) is 5.50 Å². The maximum atomic E-state index is 12.3. The third-order valence-corrected chi connectivity index (χ3v) is 2.48. The van der Waals surface area contributed by atoms with Crippen molar-refractivity contribution in [2.45, 2.75) is 17.2 Å². The Morgan fingerprint density at radius 3 is 2.30 bits per heavy atom. The summed E-state index contributed by atoms with van der Waals surface area (Å²) in [7, 11) is 0. The first-order valence-electron chi connectivity index (χ1n) is 2.81. The van der Waals surface area contributed by atoms with Crippen LogP contribution in [0.4, 0.5) is 17.6 Å². The largest absolute Gasteiger partial charge is 0.297 e. The van der Waals surface area contributed by atoms with Crippen LogP contribution in [0.2, 0.25) is 0 Å². The second kappa shape index (κ2) is 2.60. The summed E-state index contributed by atoms with van der Waals surface area (Å²) in [5, 5.41) is -3.06. The van der Waals surface area contributed by atoms with Crippen molar-refractivity contribution in [3.05, 3.63) is 0 Å². The Bertz CT molecular complexity index is 127. The molecule has 1 heterocycles. The molecular formula is C5H6F4S. The molecule has 1 saturated heterocycles. The van der Waals surface area contributed by atoms with Gasteiger partial charge >= 0.3 is 0 Å². The van der Waals surface area contributed by atoms with Gasteiger partial charge in [-0.15, -0.1) is 0 Å². The van der Waals surface area contributed by atoms with E-state index in [4.69, 9.17) is 0 Å². The highest BCUT2D eigenvalue weighted by molar-refractivity contribution is 8.01. The zero-order chi connectivity index (χ0) is 7.78. The lowest BCUT2D eigenvalue weighted by atomic mass is 10.1. The van der Waals surface area contributed by atoms with E-state index >= 15 is 0 Å². The number of rotatable bonds is 1. The van der Waals surface area contributed by atoms with Crippen LogP contribution in [0.15, 0.2) is 0 Å². The van der Waals surface area contributed by atoms with Crippen molar-refractivity contribution in [2.24, 2.45) is 5.92 Å². The van der Waals surface area contributed by atoms with Crippen LogP contribution in [0, 0.1) is 5.92 Å². The molecule has 5 heteroatoms. The predicted molar refractivity (Wildman–Crippen MR) is 31.5 cm³/mol. The SMILES string of the molecule is FCC1CC(F)(F)SC1F. The molecule has 0 aromatic carbocycles. The Hall–Kier alpha value is 0.0700. The van der Waals surface area contributed by atoms with Crippen molar-refractivity contribution in [2.75, 3.05) is 6.67 Å². The molecule has 0 aromatic rings. The molecule has 0 bridgehead atoms. The fraction of sp³-hybridized carbons (Fsp3) is 1.00. The standard InChI is InChI=1S/C5H6F4S/c6-2-3-1-5(8,9)10-4(3)7/h3-4H,1-2H2. The molecule has 0 saturated carbocycles. The van der Waals surface area contributed by atoms with E-state index in [9.17, 15) is 17.6 Å². The average molecular weight is 174 g/mol. The van der Waals surface area contributed by atoms with Crippen molar-refractivity contribution in [1.82, 2.24) is 0 Å². The normalized spacial score (nSPS) is 38.4. The van der Waals surface area contributed by atoms with Crippen LogP contribution >= 0.6 is 11.8 Å². The van der Waals surface area contributed by atoms with Crippen molar-refractivity contribution < 1.29 is 17.6 Å². The molecule has 1 aliphatic rings. The smallest absolute Gasteiger partial charge is 0.251 e. The lowest BCUT2D eigenvalue weighted by Crippen LogP contribution is -2.09. The summed E-state index contributed by atoms with van der Waals surface area (Å²) in [5.41, 5.74) is -1.74. The summed E-state index contributed by atoms with van der Waals surface area (Å²) in [5.74, 6) is -1.11. The third-order valence-electron chi connectivity index (χ3n) is 1.35. The Morgan fingerprint density at radius 2 is 2.10 bits per heavy atom. The van der Waals surface area contributed by atoms with Gasteiger partial charge in [0.25, 0.3) is 5.25 Å². The number of alkyl halides is 4. The summed E-state index contributed by atoms with van der Waals surface area (Å²) >= 11 is -0.0846. The summed E-state index contributed by atoms with van der Waals surface area (Å²) in [6, 6.07) is 0. The van der Waals surface area contributed by atoms with Gasteiger partial charge < -0.3 is 0 Å². The zero-order valence-corrected chi connectivity index (χ0v) is 5.81. The lowest BCUT2D eigenvalue weighted by Gasteiger charge is -2.03. The van der Waals surface area contributed by atoms with E-state index in [1.54, 1.807) is 0 Å². The van der Waals surface area contributed by atoms with Crippen LogP contribution in [0.1, 0.15) is 6.42 Å². The minimum absolute atomic E-state index is 0.0846. The van der Waals surface area contributed by atoms with E-state index in [2.05, 4.69) is 0 Å². The maximum absolute atomic E-state index is 12.3. The van der Waals surface area contributed by atoms with E-state index in [0.717, 1.165) is 0 Å². The molecule has 0 amide bonds. The second-order valence-corrected chi connectivity index (χ2v) is 3.51. The average Bonchev–Trinajstić information content (AvgIpc) is 2.05. The van der Waals surface area contributed by atoms with Crippen molar-refractivity contribution in [3.63, 3.8) is 0 Å². The summed E-state index contributed by atoms with van der Waals surface area (Å²) in [6.45, 7) is -0.996. The van der Waals surface area contributed by atoms with Crippen LogP contribution < -0.4 is 0 Å². The van der Waals surface area contributed by atoms with Gasteiger partial charge in [0.2, 0.25) is 0 Å². The highest BCUT2D eigenvalue weighted by atomic mass is 32.2. The second-order valence-electron chi connectivity index (χ2n) is 2.22. The van der Waals surface area contributed by atoms with E-state index in [1.807, 2.05) is 0 Å². The van der Waals surface area contributed by atoms with Crippen molar-refractivity contribution in [3.8, 4) is 0 Å². The Labute approximate surface area is 60.0 Å². The van der Waals surface area contributed by atoms with Crippen LogP contribution in [0.5, 0.6) is 0 Å². The molecule has 60 valence electrons. The molecule has 0 aliphatic carbocycles. The zero-order valence-electron chi connectivity index (χ0n) is 4.99. The maximum Gasteiger partial charge on any atom is 0.297 e. The van der Waals surface area contributed by atoms with Gasteiger partial charge in [0.05, 0.1) is 6.67 Å². The van der Waals surface area contributed by atoms with Crippen molar-refractivity contribution in [1.29, 1.82) is 0 Å². The van der Waals surface area contributed by atoms with Gasteiger partial charge in [-0.1, -0.05) is 11.8 Å². The third kappa shape index (κ3) is 1.56. The number of hydrogen-bond donors (Lipinski definition) is 0. The first-order valence-corrected chi connectivity index (χ1v) is 3.69. The fourth-order valence-electron chi connectivity index (χ4n) is 0.832. The van der Waals surface area contributed by atoms with E-state index in [1.165, 1.54) is 0 Å². The molecule has 0 aromatic heterocycles. The van der Waals surface area contributed by atoms with Gasteiger partial charge in [-0.2, -0.15) is 8.78 Å². The monoisotopic (exact) mass is 174 g/mol. The molecule has 0 N–H and O–H groups in total. The molecule has 0 spiro atoms. The molecule has 1 fully saturated rings. The highest BCUT2D eigenvalue weighted by Gasteiger charge is 2.47. The van der Waals surface area contributed by atoms with Crippen LogP contribution in [0.3, 0.4) is 0 Å². The minimum atomic E-state index is -3.06. The van der Waals surface area contributed by atoms with Crippen LogP contribution in [-0.2, 0) is 0 Å². The van der Waals surface area contributed by atoms with Crippen LogP contribution in [0.25, 0.3) is 0 Å². The minimum Gasteiger partial charge on any atom is -0.251 e. The van der Waals surface area contributed by atoms with Gasteiger partial charge in [0, 0.05) is 12.3 Å². The fourth-order valence-corrected chi connectivity index (χ4v) is 1.83. The Morgan fingerprint density at radius 1 is 1.50 bits per heavy atom. The molecule has 1 aliphatic heterocycles. The first-order chi connectivity index (χ1) is 4.55. The van der Waals surface area contributed by atoms with Crippen molar-refractivity contribution >= 4 is 11.8 Å². The van der Waals surface area contributed by atoms with E-state index in [-0.39, 0.29) is 11.8 Å². The van der Waals surface area contributed by atoms with Gasteiger partial charge in [-0.25, -0.2) is 4.39 Å². The molecule has 1 rings (SSSR count). The Balaban J connectivity index is 2.52. The lowest BCUT2D eigenvalue weighted by molar-refractivity contribution is 0.0803. The molecular weight excluding hydrogens is 168 g/mol. The summed E-state index contributed by atoms with van der Waals surface area (Å²) < 4.78 is 48.4. The van der Waals surface area contributed by atoms with Gasteiger partial charge in [-0.3, -0.25) is 4.39 Å². The van der Waals surface area contributed by atoms with Gasteiger partial charge in [-0.05, 0) is 0 Å². The molecule has 2 atom stereocenters. The first kappa shape index (κ1) is 8.17. The predicted octanol–water partition coefficient (Wildman–Crippen LogP) is 2.60. The number of halogens is 4. The van der Waals surface area contributed by atoms with E-state index < -0.39 is 29.8 Å². The summed E-state index contributed by atoms with van der Waals surface area (Å²) in [6.07, 6.45) is -0.671. The number of thioether (sulfide) groups is 1.